The summed E-state index contributed by atoms with van der Waals surface area (Å²) in [6, 6.07) is 4.93. The van der Waals surface area contributed by atoms with Gasteiger partial charge in [0.15, 0.2) is 0 Å². The van der Waals surface area contributed by atoms with Gasteiger partial charge in [0.1, 0.15) is 11.3 Å². The fourth-order valence-corrected chi connectivity index (χ4v) is 1.99. The summed E-state index contributed by atoms with van der Waals surface area (Å²) in [5, 5.41) is 2.94. The van der Waals surface area contributed by atoms with Crippen molar-refractivity contribution in [3.8, 4) is 5.75 Å². The molecule has 0 radical (unpaired) electrons. The average molecular weight is 274 g/mol. The van der Waals surface area contributed by atoms with Gasteiger partial charge in [-0.15, -0.1) is 0 Å². The van der Waals surface area contributed by atoms with Gasteiger partial charge in [-0.2, -0.15) is 13.2 Å². The first-order valence-corrected chi connectivity index (χ1v) is 5.74. The first kappa shape index (κ1) is 13.5. The summed E-state index contributed by atoms with van der Waals surface area (Å²) in [7, 11) is 1.45. The van der Waals surface area contributed by atoms with E-state index in [9.17, 15) is 18.0 Å². The van der Waals surface area contributed by atoms with Gasteiger partial charge in [0.25, 0.3) is 5.56 Å². The van der Waals surface area contributed by atoms with Crippen LogP contribution in [0.2, 0.25) is 0 Å². The largest absolute Gasteiger partial charge is 0.494 e. The number of benzene rings is 1. The van der Waals surface area contributed by atoms with E-state index < -0.39 is 12.6 Å². The van der Waals surface area contributed by atoms with Crippen molar-refractivity contribution < 1.29 is 17.9 Å². The van der Waals surface area contributed by atoms with Crippen LogP contribution in [0.5, 0.6) is 5.75 Å². The van der Waals surface area contributed by atoms with E-state index in [0.29, 0.717) is 16.7 Å². The van der Waals surface area contributed by atoms with Crippen LogP contribution in [0.15, 0.2) is 23.0 Å². The number of hydrogen-bond acceptors (Lipinski definition) is 2. The molecule has 104 valence electrons. The van der Waals surface area contributed by atoms with Crippen LogP contribution in [0.25, 0.3) is 10.9 Å². The molecular weight excluding hydrogens is 261 g/mol. The third-order valence-electron chi connectivity index (χ3n) is 2.81. The highest BCUT2D eigenvalue weighted by molar-refractivity contribution is 5.84. The maximum absolute atomic E-state index is 12.1. The molecule has 0 aliphatic carbocycles. The molecule has 0 fully saturated rings. The van der Waals surface area contributed by atoms with E-state index >= 15 is 0 Å². The van der Waals surface area contributed by atoms with E-state index in [0.717, 1.165) is 0 Å². The number of aryl methyl sites for hydroxylation is 1. The highest BCUT2D eigenvalue weighted by Crippen LogP contribution is 2.25. The van der Waals surface area contributed by atoms with Crippen LogP contribution in [0, 0.1) is 0 Å². The van der Waals surface area contributed by atoms with E-state index in [1.807, 2.05) is 0 Å². The Labute approximate surface area is 106 Å². The molecule has 2 rings (SSSR count). The zero-order chi connectivity index (χ0) is 14.0. The van der Waals surface area contributed by atoms with Crippen molar-refractivity contribution in [2.24, 2.45) is 0 Å². The molecule has 0 unspecified atom stereocenters. The van der Waals surface area contributed by atoms with Crippen LogP contribution in [-0.2, 0) is 6.54 Å². The molecule has 1 aromatic heterocycles. The molecule has 0 amide bonds. The number of aromatic nitrogens is 2. The minimum absolute atomic E-state index is 0.0820. The van der Waals surface area contributed by atoms with Crippen LogP contribution in [0.4, 0.5) is 13.2 Å². The molecule has 0 saturated carbocycles. The maximum Gasteiger partial charge on any atom is 0.389 e. The van der Waals surface area contributed by atoms with Crippen LogP contribution in [0.3, 0.4) is 0 Å². The van der Waals surface area contributed by atoms with E-state index in [1.165, 1.54) is 11.8 Å². The lowest BCUT2D eigenvalue weighted by Crippen LogP contribution is -2.11. The third-order valence-corrected chi connectivity index (χ3v) is 2.81. The molecule has 4 nitrogen and oxygen atoms in total. The molecule has 19 heavy (non-hydrogen) atoms. The number of nitrogens with zero attached hydrogens (tertiary/aromatic N) is 1. The highest BCUT2D eigenvalue weighted by atomic mass is 19.4. The fraction of sp³-hybridized carbons (Fsp3) is 0.417. The number of H-pyrrole nitrogens is 1. The Morgan fingerprint density at radius 3 is 2.74 bits per heavy atom. The third kappa shape index (κ3) is 2.91. The molecule has 1 heterocycles. The van der Waals surface area contributed by atoms with Gasteiger partial charge in [-0.25, -0.2) is 0 Å². The van der Waals surface area contributed by atoms with Gasteiger partial charge in [-0.1, -0.05) is 6.07 Å². The minimum atomic E-state index is -4.19. The second-order valence-electron chi connectivity index (χ2n) is 4.17. The average Bonchev–Trinajstić information content (AvgIpc) is 2.65. The smallest absolute Gasteiger partial charge is 0.389 e. The molecular formula is C12H13F3N2O2. The summed E-state index contributed by atoms with van der Waals surface area (Å²) < 4.78 is 42.9. The Morgan fingerprint density at radius 1 is 1.37 bits per heavy atom. The number of fused-ring (bicyclic) bond motifs is 1. The molecule has 0 bridgehead atoms. The van der Waals surface area contributed by atoms with Crippen LogP contribution < -0.4 is 10.3 Å². The number of halogens is 3. The number of alkyl halides is 3. The summed E-state index contributed by atoms with van der Waals surface area (Å²) in [5.41, 5.74) is 0.165. The zero-order valence-electron chi connectivity index (χ0n) is 10.3. The van der Waals surface area contributed by atoms with Gasteiger partial charge in [0, 0.05) is 13.0 Å². The number of nitrogens with one attached hydrogen (secondary N) is 1. The van der Waals surface area contributed by atoms with Crippen molar-refractivity contribution in [1.82, 2.24) is 9.78 Å². The molecule has 0 aliphatic rings. The zero-order valence-corrected chi connectivity index (χ0v) is 10.3. The van der Waals surface area contributed by atoms with Gasteiger partial charge >= 0.3 is 6.18 Å². The number of para-hydroxylation sites is 1. The second-order valence-corrected chi connectivity index (χ2v) is 4.17. The Hall–Kier alpha value is -1.92. The second kappa shape index (κ2) is 4.99. The molecule has 1 N–H and O–H groups in total. The van der Waals surface area contributed by atoms with Gasteiger partial charge in [-0.3, -0.25) is 14.6 Å². The van der Waals surface area contributed by atoms with Gasteiger partial charge in [-0.05, 0) is 18.6 Å². The van der Waals surface area contributed by atoms with E-state index in [-0.39, 0.29) is 18.5 Å². The van der Waals surface area contributed by atoms with E-state index in [4.69, 9.17) is 4.74 Å². The SMILES string of the molecule is COc1cccc2c(=O)[nH]n(CCCC(F)(F)F)c12. The molecule has 0 spiro atoms. The van der Waals surface area contributed by atoms with Crippen molar-refractivity contribution in [1.29, 1.82) is 0 Å². The van der Waals surface area contributed by atoms with Crippen molar-refractivity contribution in [2.75, 3.05) is 7.11 Å². The standard InChI is InChI=1S/C12H13F3N2O2/c1-19-9-5-2-4-8-10(9)17(16-11(8)18)7-3-6-12(13,14)15/h2,4-5H,3,6-7H2,1H3,(H,16,18). The first-order valence-electron chi connectivity index (χ1n) is 5.74. The lowest BCUT2D eigenvalue weighted by atomic mass is 10.2. The van der Waals surface area contributed by atoms with E-state index in [2.05, 4.69) is 5.10 Å². The Balaban J connectivity index is 2.31. The molecule has 0 aliphatic heterocycles. The lowest BCUT2D eigenvalue weighted by molar-refractivity contribution is -0.135. The molecule has 7 heteroatoms. The predicted molar refractivity (Wildman–Crippen MR) is 64.4 cm³/mol. The summed E-state index contributed by atoms with van der Waals surface area (Å²) in [6.07, 6.45) is -5.17. The number of hydrogen-bond donors (Lipinski definition) is 1. The normalized spacial score (nSPS) is 12.0. The summed E-state index contributed by atoms with van der Waals surface area (Å²) in [4.78, 5) is 11.7. The fourth-order valence-electron chi connectivity index (χ4n) is 1.99. The molecule has 0 atom stereocenters. The molecule has 1 aromatic carbocycles. The van der Waals surface area contributed by atoms with Gasteiger partial charge < -0.3 is 4.74 Å². The Bertz CT molecular complexity index is 628. The quantitative estimate of drug-likeness (QED) is 0.931. The van der Waals surface area contributed by atoms with E-state index in [1.54, 1.807) is 18.2 Å². The number of ether oxygens (including phenoxy) is 1. The minimum Gasteiger partial charge on any atom is -0.494 e. The Kier molecular flexibility index (Phi) is 3.55. The number of rotatable bonds is 4. The molecule has 2 aromatic rings. The van der Waals surface area contributed by atoms with Crippen molar-refractivity contribution in [2.45, 2.75) is 25.6 Å². The monoisotopic (exact) mass is 274 g/mol. The Morgan fingerprint density at radius 2 is 2.11 bits per heavy atom. The van der Waals surface area contributed by atoms with Crippen LogP contribution >= 0.6 is 0 Å². The summed E-state index contributed by atoms with van der Waals surface area (Å²) >= 11 is 0. The van der Waals surface area contributed by atoms with Crippen molar-refractivity contribution >= 4 is 10.9 Å². The first-order chi connectivity index (χ1) is 8.92. The lowest BCUT2D eigenvalue weighted by Gasteiger charge is -2.09. The predicted octanol–water partition coefficient (Wildman–Crippen LogP) is 2.68. The van der Waals surface area contributed by atoms with Gasteiger partial charge in [0.05, 0.1) is 12.5 Å². The number of methoxy groups -OCH3 is 1. The maximum atomic E-state index is 12.1. The van der Waals surface area contributed by atoms with Crippen LogP contribution in [-0.4, -0.2) is 23.1 Å². The highest BCUT2D eigenvalue weighted by Gasteiger charge is 2.26. The molecule has 0 saturated heterocycles. The van der Waals surface area contributed by atoms with Gasteiger partial charge in [0.2, 0.25) is 0 Å². The van der Waals surface area contributed by atoms with Crippen molar-refractivity contribution in [3.05, 3.63) is 28.6 Å². The van der Waals surface area contributed by atoms with Crippen LogP contribution in [0.1, 0.15) is 12.8 Å². The summed E-state index contributed by atoms with van der Waals surface area (Å²) in [5.74, 6) is 0.461. The number of aromatic amines is 1. The van der Waals surface area contributed by atoms with Crippen molar-refractivity contribution in [3.63, 3.8) is 0 Å². The summed E-state index contributed by atoms with van der Waals surface area (Å²) in [6.45, 7) is 0.0820. The topological polar surface area (TPSA) is 47.0 Å².